The SMILES string of the molecule is CCc1c2c(nc3ccc(O)cc13)-c1cc3c(c(=O)n1C2)COC(=O)[C@@]3(CC)CCC(=O)C(C)N. The van der Waals surface area contributed by atoms with Crippen LogP contribution in [0.3, 0.4) is 0 Å². The average Bonchev–Trinajstić information content (AvgIpc) is 3.20. The molecular weight excluding hydrogens is 446 g/mol. The Labute approximate surface area is 202 Å². The summed E-state index contributed by atoms with van der Waals surface area (Å²) in [7, 11) is 0. The van der Waals surface area contributed by atoms with Crippen molar-refractivity contribution >= 4 is 22.7 Å². The van der Waals surface area contributed by atoms with Crippen molar-refractivity contribution in [3.63, 3.8) is 0 Å². The molecule has 2 aliphatic rings. The predicted octanol–water partition coefficient (Wildman–Crippen LogP) is 3.09. The van der Waals surface area contributed by atoms with E-state index in [9.17, 15) is 19.5 Å². The number of cyclic esters (lactones) is 1. The van der Waals surface area contributed by atoms with Gasteiger partial charge in [-0.15, -0.1) is 0 Å². The summed E-state index contributed by atoms with van der Waals surface area (Å²) in [6, 6.07) is 6.37. The Hall–Kier alpha value is -3.52. The van der Waals surface area contributed by atoms with Crippen LogP contribution in [-0.4, -0.2) is 32.5 Å². The number of esters is 1. The second-order valence-electron chi connectivity index (χ2n) is 9.55. The molecule has 3 N–H and O–H groups in total. The van der Waals surface area contributed by atoms with Crippen LogP contribution in [0.1, 0.15) is 62.3 Å². The van der Waals surface area contributed by atoms with E-state index in [2.05, 4.69) is 0 Å². The molecule has 0 bridgehead atoms. The third-order valence-electron chi connectivity index (χ3n) is 7.66. The molecule has 0 aliphatic carbocycles. The lowest BCUT2D eigenvalue weighted by molar-refractivity contribution is -0.155. The third-order valence-corrected chi connectivity index (χ3v) is 7.66. The topological polar surface area (TPSA) is 125 Å². The van der Waals surface area contributed by atoms with Crippen molar-refractivity contribution in [1.29, 1.82) is 0 Å². The number of aryl methyl sites for hydroxylation is 1. The molecular formula is C27H29N3O5. The van der Waals surface area contributed by atoms with Crippen LogP contribution in [0, 0.1) is 0 Å². The summed E-state index contributed by atoms with van der Waals surface area (Å²) in [5, 5.41) is 10.9. The number of benzene rings is 1. The number of carbonyl (C=O) groups is 2. The van der Waals surface area contributed by atoms with E-state index < -0.39 is 17.4 Å². The number of fused-ring (bicyclic) bond motifs is 5. The number of phenolic OH excluding ortho intramolecular Hbond substituents is 1. The number of rotatable bonds is 6. The number of Topliss-reactive ketones (excluding diaryl/α,β-unsaturated/α-hetero) is 1. The van der Waals surface area contributed by atoms with E-state index >= 15 is 0 Å². The van der Waals surface area contributed by atoms with Gasteiger partial charge in [-0.05, 0) is 61.6 Å². The summed E-state index contributed by atoms with van der Waals surface area (Å²) in [5.41, 5.74) is 9.66. The van der Waals surface area contributed by atoms with Gasteiger partial charge in [-0.25, -0.2) is 4.98 Å². The number of carbonyl (C=O) groups excluding carboxylic acids is 2. The van der Waals surface area contributed by atoms with Crippen molar-refractivity contribution in [2.75, 3.05) is 0 Å². The predicted molar refractivity (Wildman–Crippen MR) is 131 cm³/mol. The molecule has 3 aromatic rings. The molecule has 8 nitrogen and oxygen atoms in total. The molecule has 8 heteroatoms. The van der Waals surface area contributed by atoms with Gasteiger partial charge in [0.05, 0.1) is 40.5 Å². The highest BCUT2D eigenvalue weighted by molar-refractivity contribution is 5.91. The van der Waals surface area contributed by atoms with Gasteiger partial charge in [-0.2, -0.15) is 0 Å². The highest BCUT2D eigenvalue weighted by Crippen LogP contribution is 2.43. The van der Waals surface area contributed by atoms with Crippen LogP contribution >= 0.6 is 0 Å². The largest absolute Gasteiger partial charge is 0.508 e. The second-order valence-corrected chi connectivity index (χ2v) is 9.55. The Kier molecular flexibility index (Phi) is 5.51. The fourth-order valence-electron chi connectivity index (χ4n) is 5.61. The summed E-state index contributed by atoms with van der Waals surface area (Å²) in [4.78, 5) is 44.0. The van der Waals surface area contributed by atoms with Gasteiger partial charge in [0.25, 0.3) is 5.56 Å². The molecule has 182 valence electrons. The van der Waals surface area contributed by atoms with E-state index in [0.29, 0.717) is 36.2 Å². The van der Waals surface area contributed by atoms with Crippen molar-refractivity contribution in [3.8, 4) is 17.1 Å². The van der Waals surface area contributed by atoms with Crippen LogP contribution in [0.15, 0.2) is 29.1 Å². The minimum Gasteiger partial charge on any atom is -0.508 e. The fourth-order valence-corrected chi connectivity index (χ4v) is 5.61. The maximum absolute atomic E-state index is 13.7. The number of aromatic hydroxyl groups is 1. The lowest BCUT2D eigenvalue weighted by Gasteiger charge is -2.36. The van der Waals surface area contributed by atoms with Gasteiger partial charge in [0.2, 0.25) is 0 Å². The molecule has 0 spiro atoms. The first-order valence-electron chi connectivity index (χ1n) is 12.1. The van der Waals surface area contributed by atoms with Crippen LogP contribution in [0.4, 0.5) is 0 Å². The minimum absolute atomic E-state index is 0.0868. The molecule has 4 heterocycles. The number of ketones is 1. The number of hydrogen-bond acceptors (Lipinski definition) is 7. The second kappa shape index (κ2) is 8.30. The zero-order valence-corrected chi connectivity index (χ0v) is 20.2. The van der Waals surface area contributed by atoms with Gasteiger partial charge >= 0.3 is 5.97 Å². The summed E-state index contributed by atoms with van der Waals surface area (Å²) in [5.74, 6) is -0.379. The van der Waals surface area contributed by atoms with Gasteiger partial charge in [0, 0.05) is 17.4 Å². The number of nitrogens with zero attached hydrogens (tertiary/aromatic N) is 2. The molecule has 1 unspecified atom stereocenters. The van der Waals surface area contributed by atoms with Crippen LogP contribution in [0.2, 0.25) is 0 Å². The molecule has 35 heavy (non-hydrogen) atoms. The lowest BCUT2D eigenvalue weighted by Crippen LogP contribution is -2.45. The van der Waals surface area contributed by atoms with E-state index in [4.69, 9.17) is 15.5 Å². The number of hydrogen-bond donors (Lipinski definition) is 2. The first-order chi connectivity index (χ1) is 16.7. The summed E-state index contributed by atoms with van der Waals surface area (Å²) in [6.45, 7) is 5.83. The zero-order chi connectivity index (χ0) is 25.1. The van der Waals surface area contributed by atoms with Gasteiger partial charge in [0.1, 0.15) is 18.1 Å². The number of nitrogens with two attached hydrogens (primary N) is 1. The maximum Gasteiger partial charge on any atom is 0.316 e. The first kappa shape index (κ1) is 23.2. The molecule has 5 rings (SSSR count). The van der Waals surface area contributed by atoms with Crippen molar-refractivity contribution < 1.29 is 19.4 Å². The number of aromatic nitrogens is 2. The Morgan fingerprint density at radius 2 is 2.03 bits per heavy atom. The van der Waals surface area contributed by atoms with E-state index in [1.165, 1.54) is 0 Å². The Bertz CT molecular complexity index is 1460. The number of pyridine rings is 2. The highest BCUT2D eigenvalue weighted by atomic mass is 16.5. The van der Waals surface area contributed by atoms with Gasteiger partial charge in [-0.1, -0.05) is 13.8 Å². The molecule has 1 aromatic carbocycles. The molecule has 0 saturated carbocycles. The molecule has 2 aliphatic heterocycles. The Balaban J connectivity index is 1.72. The maximum atomic E-state index is 13.7. The quantitative estimate of drug-likeness (QED) is 0.411. The van der Waals surface area contributed by atoms with Gasteiger partial charge in [-0.3, -0.25) is 14.4 Å². The normalized spacial score (nSPS) is 19.1. The fraction of sp³-hybridized carbons (Fsp3) is 0.407. The van der Waals surface area contributed by atoms with E-state index in [-0.39, 0.29) is 36.5 Å². The van der Waals surface area contributed by atoms with Crippen molar-refractivity contribution in [2.24, 2.45) is 5.73 Å². The number of ether oxygens (including phenoxy) is 1. The molecule has 2 aromatic heterocycles. The molecule has 0 radical (unpaired) electrons. The summed E-state index contributed by atoms with van der Waals surface area (Å²) >= 11 is 0. The third kappa shape index (κ3) is 3.38. The summed E-state index contributed by atoms with van der Waals surface area (Å²) < 4.78 is 7.20. The van der Waals surface area contributed by atoms with E-state index in [0.717, 1.165) is 27.7 Å². The lowest BCUT2D eigenvalue weighted by atomic mass is 9.71. The van der Waals surface area contributed by atoms with Crippen LogP contribution in [0.5, 0.6) is 5.75 Å². The van der Waals surface area contributed by atoms with Crippen molar-refractivity contribution in [3.05, 3.63) is 56.9 Å². The van der Waals surface area contributed by atoms with Gasteiger partial charge < -0.3 is 20.1 Å². The molecule has 0 amide bonds. The number of phenols is 1. The average molecular weight is 476 g/mol. The molecule has 2 atom stereocenters. The van der Waals surface area contributed by atoms with Gasteiger partial charge in [0.15, 0.2) is 0 Å². The van der Waals surface area contributed by atoms with E-state index in [1.807, 2.05) is 19.9 Å². The molecule has 0 saturated heterocycles. The Morgan fingerprint density at radius 3 is 2.71 bits per heavy atom. The van der Waals surface area contributed by atoms with Crippen LogP contribution < -0.4 is 11.3 Å². The van der Waals surface area contributed by atoms with Crippen LogP contribution in [-0.2, 0) is 39.3 Å². The standard InChI is InChI=1S/C27H29N3O5/c1-4-16-17-10-15(31)6-7-21(17)29-24-18(16)12-30-22(24)11-20-19(25(30)33)13-35-26(34)27(20,5-2)9-8-23(32)14(3)28/h6-7,10-11,14,31H,4-5,8-9,12-13,28H2,1-3H3/t14?,27-/m0/s1. The van der Waals surface area contributed by atoms with Crippen LogP contribution in [0.25, 0.3) is 22.3 Å². The molecule has 0 fully saturated rings. The van der Waals surface area contributed by atoms with E-state index in [1.54, 1.807) is 29.7 Å². The highest BCUT2D eigenvalue weighted by Gasteiger charge is 2.47. The Morgan fingerprint density at radius 1 is 1.26 bits per heavy atom. The van der Waals surface area contributed by atoms with Crippen molar-refractivity contribution in [1.82, 2.24) is 9.55 Å². The zero-order valence-electron chi connectivity index (χ0n) is 20.2. The van der Waals surface area contributed by atoms with Crippen molar-refractivity contribution in [2.45, 2.75) is 71.1 Å². The summed E-state index contributed by atoms with van der Waals surface area (Å²) in [6.07, 6.45) is 1.47. The minimum atomic E-state index is -1.09. The smallest absolute Gasteiger partial charge is 0.316 e. The monoisotopic (exact) mass is 475 g/mol. The first-order valence-corrected chi connectivity index (χ1v) is 12.1.